The monoisotopic (exact) mass is 216 g/mol. The molecule has 0 heterocycles. The van der Waals surface area contributed by atoms with Crippen LogP contribution in [0.1, 0.15) is 11.1 Å². The van der Waals surface area contributed by atoms with E-state index in [2.05, 4.69) is 47.2 Å². The lowest BCUT2D eigenvalue weighted by Gasteiger charge is -2.16. The predicted octanol–water partition coefficient (Wildman–Crippen LogP) is 2.84. The first-order chi connectivity index (χ1) is 7.65. The van der Waals surface area contributed by atoms with Crippen LogP contribution in [0.4, 0.5) is 0 Å². The Morgan fingerprint density at radius 2 is 1.44 bits per heavy atom. The maximum Gasteiger partial charge on any atom is 0.0420 e. The average molecular weight is 216 g/mol. The molecule has 2 heteroatoms. The fraction of sp³-hybridized carbons (Fsp3) is 0.286. The van der Waals surface area contributed by atoms with Crippen molar-refractivity contribution in [1.29, 1.82) is 0 Å². The Bertz CT molecular complexity index is 326. The van der Waals surface area contributed by atoms with E-state index in [0.717, 1.165) is 13.1 Å². The maximum atomic E-state index is 3.75. The third kappa shape index (κ3) is 3.81. The van der Waals surface area contributed by atoms with Crippen LogP contribution >= 0.6 is 0 Å². The van der Waals surface area contributed by atoms with Crippen LogP contribution in [0.15, 0.2) is 49.8 Å². The topological polar surface area (TPSA) is 6.48 Å². The molecule has 2 nitrogen and oxygen atoms in total. The van der Waals surface area contributed by atoms with Crippen molar-refractivity contribution in [3.05, 3.63) is 61.0 Å². The molecule has 86 valence electrons. The van der Waals surface area contributed by atoms with Gasteiger partial charge in [0.15, 0.2) is 0 Å². The van der Waals surface area contributed by atoms with E-state index < -0.39 is 0 Å². The van der Waals surface area contributed by atoms with E-state index in [9.17, 15) is 0 Å². The van der Waals surface area contributed by atoms with Crippen molar-refractivity contribution < 1.29 is 0 Å². The van der Waals surface area contributed by atoms with Gasteiger partial charge < -0.3 is 9.80 Å². The molecular formula is C14H20N2. The second-order valence-corrected chi connectivity index (χ2v) is 4.02. The summed E-state index contributed by atoms with van der Waals surface area (Å²) < 4.78 is 0. The van der Waals surface area contributed by atoms with Crippen molar-refractivity contribution in [2.75, 3.05) is 14.1 Å². The molecule has 0 unspecified atom stereocenters. The van der Waals surface area contributed by atoms with Crippen LogP contribution < -0.4 is 0 Å². The molecule has 1 rings (SSSR count). The summed E-state index contributed by atoms with van der Waals surface area (Å²) in [7, 11) is 4.05. The van der Waals surface area contributed by atoms with Gasteiger partial charge in [0.05, 0.1) is 0 Å². The zero-order chi connectivity index (χ0) is 12.0. The van der Waals surface area contributed by atoms with Gasteiger partial charge >= 0.3 is 0 Å². The van der Waals surface area contributed by atoms with Crippen LogP contribution in [0.5, 0.6) is 0 Å². The molecule has 1 aromatic carbocycles. The summed E-state index contributed by atoms with van der Waals surface area (Å²) in [5, 5.41) is 0. The third-order valence-corrected chi connectivity index (χ3v) is 2.48. The van der Waals surface area contributed by atoms with E-state index in [1.807, 2.05) is 26.5 Å². The maximum absolute atomic E-state index is 3.75. The second kappa shape index (κ2) is 6.01. The van der Waals surface area contributed by atoms with Crippen molar-refractivity contribution in [2.45, 2.75) is 13.1 Å². The van der Waals surface area contributed by atoms with Gasteiger partial charge in [-0.2, -0.15) is 0 Å². The first-order valence-corrected chi connectivity index (χ1v) is 5.39. The highest BCUT2D eigenvalue weighted by Crippen LogP contribution is 2.09. The van der Waals surface area contributed by atoms with Crippen molar-refractivity contribution in [1.82, 2.24) is 9.80 Å². The lowest BCUT2D eigenvalue weighted by molar-refractivity contribution is 0.444. The summed E-state index contributed by atoms with van der Waals surface area (Å²) in [6.07, 6.45) is 3.67. The number of hydrogen-bond acceptors (Lipinski definition) is 2. The van der Waals surface area contributed by atoms with Crippen molar-refractivity contribution in [3.63, 3.8) is 0 Å². The Hall–Kier alpha value is -1.70. The van der Waals surface area contributed by atoms with Gasteiger partial charge in [0.1, 0.15) is 0 Å². The fourth-order valence-electron chi connectivity index (χ4n) is 1.53. The molecule has 0 aromatic heterocycles. The quantitative estimate of drug-likeness (QED) is 0.721. The molecule has 0 bridgehead atoms. The summed E-state index contributed by atoms with van der Waals surface area (Å²) in [5.74, 6) is 0. The Morgan fingerprint density at radius 1 is 1.00 bits per heavy atom. The van der Waals surface area contributed by atoms with Gasteiger partial charge in [0.25, 0.3) is 0 Å². The van der Waals surface area contributed by atoms with E-state index in [1.165, 1.54) is 11.1 Å². The van der Waals surface area contributed by atoms with Crippen molar-refractivity contribution in [3.8, 4) is 0 Å². The van der Waals surface area contributed by atoms with Gasteiger partial charge in [0, 0.05) is 27.2 Å². The molecule has 0 spiro atoms. The highest BCUT2D eigenvalue weighted by Gasteiger charge is 1.99. The van der Waals surface area contributed by atoms with Gasteiger partial charge in [-0.25, -0.2) is 0 Å². The summed E-state index contributed by atoms with van der Waals surface area (Å²) >= 11 is 0. The minimum Gasteiger partial charge on any atom is -0.377 e. The first-order valence-electron chi connectivity index (χ1n) is 5.39. The predicted molar refractivity (Wildman–Crippen MR) is 69.8 cm³/mol. The van der Waals surface area contributed by atoms with Gasteiger partial charge in [-0.3, -0.25) is 0 Å². The molecule has 0 fully saturated rings. The largest absolute Gasteiger partial charge is 0.377 e. The number of nitrogens with zero attached hydrogens (tertiary/aromatic N) is 2. The van der Waals surface area contributed by atoms with E-state index in [1.54, 1.807) is 0 Å². The number of benzene rings is 1. The van der Waals surface area contributed by atoms with E-state index >= 15 is 0 Å². The Balaban J connectivity index is 2.70. The molecule has 0 amide bonds. The highest BCUT2D eigenvalue weighted by molar-refractivity contribution is 5.23. The van der Waals surface area contributed by atoms with Crippen molar-refractivity contribution in [2.24, 2.45) is 0 Å². The molecule has 0 aliphatic heterocycles. The van der Waals surface area contributed by atoms with Gasteiger partial charge in [-0.15, -0.1) is 0 Å². The van der Waals surface area contributed by atoms with Gasteiger partial charge in [-0.05, 0) is 23.5 Å². The first kappa shape index (κ1) is 12.4. The summed E-state index contributed by atoms with van der Waals surface area (Å²) in [6.45, 7) is 9.29. The zero-order valence-corrected chi connectivity index (χ0v) is 10.2. The fourth-order valence-corrected chi connectivity index (χ4v) is 1.53. The van der Waals surface area contributed by atoms with Gasteiger partial charge in [-0.1, -0.05) is 37.4 Å². The molecule has 0 saturated heterocycles. The lowest BCUT2D eigenvalue weighted by atomic mass is 10.1. The molecule has 0 N–H and O–H groups in total. The minimum absolute atomic E-state index is 0.898. The highest BCUT2D eigenvalue weighted by atomic mass is 15.1. The molecular weight excluding hydrogens is 196 g/mol. The molecule has 0 aliphatic rings. The van der Waals surface area contributed by atoms with E-state index in [4.69, 9.17) is 0 Å². The summed E-state index contributed by atoms with van der Waals surface area (Å²) in [5.41, 5.74) is 2.61. The third-order valence-electron chi connectivity index (χ3n) is 2.48. The van der Waals surface area contributed by atoms with Crippen LogP contribution in [-0.2, 0) is 13.1 Å². The molecule has 0 radical (unpaired) electrons. The van der Waals surface area contributed by atoms with E-state index in [-0.39, 0.29) is 0 Å². The lowest BCUT2D eigenvalue weighted by Crippen LogP contribution is -2.11. The molecule has 0 atom stereocenters. The average Bonchev–Trinajstić information content (AvgIpc) is 2.29. The van der Waals surface area contributed by atoms with Crippen molar-refractivity contribution >= 4 is 0 Å². The molecule has 0 saturated carbocycles. The normalized spacial score (nSPS) is 9.62. The van der Waals surface area contributed by atoms with Crippen LogP contribution in [0.3, 0.4) is 0 Å². The Kier molecular flexibility index (Phi) is 4.65. The minimum atomic E-state index is 0.898. The van der Waals surface area contributed by atoms with Crippen LogP contribution in [-0.4, -0.2) is 23.9 Å². The second-order valence-electron chi connectivity index (χ2n) is 4.02. The smallest absolute Gasteiger partial charge is 0.0420 e. The molecule has 1 aromatic rings. The molecule has 16 heavy (non-hydrogen) atoms. The van der Waals surface area contributed by atoms with Crippen LogP contribution in [0.25, 0.3) is 0 Å². The SMILES string of the molecule is C=CN(C)Cc1cccc(CN(C)C=C)c1. The Morgan fingerprint density at radius 3 is 1.81 bits per heavy atom. The summed E-state index contributed by atoms with van der Waals surface area (Å²) in [6, 6.07) is 8.59. The standard InChI is InChI=1S/C14H20N2/c1-5-15(3)11-13-8-7-9-14(10-13)12-16(4)6-2/h5-10H,1-2,11-12H2,3-4H3. The van der Waals surface area contributed by atoms with Crippen LogP contribution in [0.2, 0.25) is 0 Å². The van der Waals surface area contributed by atoms with Gasteiger partial charge in [0.2, 0.25) is 0 Å². The number of rotatable bonds is 6. The van der Waals surface area contributed by atoms with E-state index in [0.29, 0.717) is 0 Å². The number of hydrogen-bond donors (Lipinski definition) is 0. The van der Waals surface area contributed by atoms with Crippen LogP contribution in [0, 0.1) is 0 Å². The summed E-state index contributed by atoms with van der Waals surface area (Å²) in [4.78, 5) is 4.13. The molecule has 0 aliphatic carbocycles. The Labute approximate surface area is 98.5 Å². The zero-order valence-electron chi connectivity index (χ0n) is 10.2.